The van der Waals surface area contributed by atoms with Crippen LogP contribution in [0.25, 0.3) is 21.8 Å². The number of nitrogens with zero attached hydrogens (tertiary/aromatic N) is 1. The minimum absolute atomic E-state index is 0.106. The van der Waals surface area contributed by atoms with E-state index in [0.29, 0.717) is 11.0 Å². The molecule has 0 saturated carbocycles. The Morgan fingerprint density at radius 1 is 0.880 bits per heavy atom. The van der Waals surface area contributed by atoms with E-state index in [0.717, 1.165) is 28.6 Å². The second-order valence-corrected chi connectivity index (χ2v) is 6.58. The molecular formula is C21H17N3O. The fourth-order valence-electron chi connectivity index (χ4n) is 3.76. The van der Waals surface area contributed by atoms with E-state index in [-0.39, 0.29) is 5.56 Å². The lowest BCUT2D eigenvalue weighted by Gasteiger charge is -2.10. The lowest BCUT2D eigenvalue weighted by atomic mass is 10.1. The second kappa shape index (κ2) is 5.45. The number of aromatic amines is 1. The molecule has 1 aliphatic rings. The fraction of sp³-hybridized carbons (Fsp3) is 0.143. The molecule has 0 bridgehead atoms. The number of H-pyrrole nitrogens is 1. The molecule has 0 atom stereocenters. The van der Waals surface area contributed by atoms with Gasteiger partial charge in [0.05, 0.1) is 0 Å². The number of aromatic nitrogens is 2. The quantitative estimate of drug-likeness (QED) is 0.539. The molecule has 122 valence electrons. The molecule has 0 spiro atoms. The molecule has 0 radical (unpaired) electrons. The maximum Gasteiger partial charge on any atom is 0.257 e. The van der Waals surface area contributed by atoms with E-state index in [2.05, 4.69) is 33.5 Å². The van der Waals surface area contributed by atoms with Gasteiger partial charge in [-0.25, -0.2) is 4.98 Å². The number of fused-ring (bicyclic) bond motifs is 4. The van der Waals surface area contributed by atoms with E-state index >= 15 is 0 Å². The van der Waals surface area contributed by atoms with Gasteiger partial charge in [-0.3, -0.25) is 4.79 Å². The molecule has 5 rings (SSSR count). The summed E-state index contributed by atoms with van der Waals surface area (Å²) in [5.41, 5.74) is 5.48. The number of pyridine rings is 2. The Hall–Kier alpha value is -3.14. The lowest BCUT2D eigenvalue weighted by molar-refractivity contribution is 0.912. The van der Waals surface area contributed by atoms with Crippen LogP contribution in [0.1, 0.15) is 17.5 Å². The predicted octanol–water partition coefficient (Wildman–Crippen LogP) is 4.31. The average Bonchev–Trinajstić information content (AvgIpc) is 3.10. The molecule has 4 aromatic rings. The first-order valence-corrected chi connectivity index (χ1v) is 8.57. The Kier molecular flexibility index (Phi) is 3.10. The van der Waals surface area contributed by atoms with E-state index in [1.165, 1.54) is 24.0 Å². The summed E-state index contributed by atoms with van der Waals surface area (Å²) >= 11 is 0. The van der Waals surface area contributed by atoms with Crippen LogP contribution in [0.4, 0.5) is 11.4 Å². The first-order valence-electron chi connectivity index (χ1n) is 8.57. The van der Waals surface area contributed by atoms with Crippen LogP contribution in [0.3, 0.4) is 0 Å². The monoisotopic (exact) mass is 327 g/mol. The summed E-state index contributed by atoms with van der Waals surface area (Å²) in [6, 6.07) is 16.3. The van der Waals surface area contributed by atoms with Gasteiger partial charge in [0, 0.05) is 33.7 Å². The highest BCUT2D eigenvalue weighted by molar-refractivity contribution is 6.05. The zero-order valence-electron chi connectivity index (χ0n) is 13.7. The van der Waals surface area contributed by atoms with Crippen molar-refractivity contribution in [2.24, 2.45) is 0 Å². The number of benzene rings is 2. The summed E-state index contributed by atoms with van der Waals surface area (Å²) in [5, 5.41) is 6.03. The van der Waals surface area contributed by atoms with Crippen molar-refractivity contribution < 1.29 is 0 Å². The summed E-state index contributed by atoms with van der Waals surface area (Å²) < 4.78 is 0. The van der Waals surface area contributed by atoms with E-state index in [1.54, 1.807) is 6.20 Å². The second-order valence-electron chi connectivity index (χ2n) is 6.58. The highest BCUT2D eigenvalue weighted by Crippen LogP contribution is 2.28. The smallest absolute Gasteiger partial charge is 0.257 e. The number of aryl methyl sites for hydroxylation is 2. The van der Waals surface area contributed by atoms with Crippen molar-refractivity contribution in [3.63, 3.8) is 0 Å². The maximum atomic E-state index is 12.3. The summed E-state index contributed by atoms with van der Waals surface area (Å²) in [6.07, 6.45) is 5.29. The largest absolute Gasteiger partial charge is 0.356 e. The third kappa shape index (κ3) is 2.38. The van der Waals surface area contributed by atoms with Gasteiger partial charge in [-0.1, -0.05) is 6.07 Å². The normalized spacial score (nSPS) is 13.3. The topological polar surface area (TPSA) is 57.8 Å². The van der Waals surface area contributed by atoms with Crippen molar-refractivity contribution in [3.8, 4) is 0 Å². The molecule has 4 nitrogen and oxygen atoms in total. The molecule has 25 heavy (non-hydrogen) atoms. The molecular weight excluding hydrogens is 310 g/mol. The molecule has 0 aliphatic heterocycles. The molecule has 2 N–H and O–H groups in total. The summed E-state index contributed by atoms with van der Waals surface area (Å²) in [4.78, 5) is 19.4. The molecule has 0 fully saturated rings. The van der Waals surface area contributed by atoms with Crippen LogP contribution in [0, 0.1) is 0 Å². The van der Waals surface area contributed by atoms with E-state index in [1.807, 2.05) is 30.3 Å². The predicted molar refractivity (Wildman–Crippen MR) is 102 cm³/mol. The van der Waals surface area contributed by atoms with E-state index < -0.39 is 0 Å². The highest BCUT2D eigenvalue weighted by atomic mass is 16.1. The Labute approximate surface area is 144 Å². The highest BCUT2D eigenvalue weighted by Gasteiger charge is 2.11. The van der Waals surface area contributed by atoms with Crippen molar-refractivity contribution in [2.45, 2.75) is 19.3 Å². The summed E-state index contributed by atoms with van der Waals surface area (Å²) in [6.45, 7) is 0. The van der Waals surface area contributed by atoms with Crippen LogP contribution in [-0.4, -0.2) is 9.97 Å². The van der Waals surface area contributed by atoms with Gasteiger partial charge in [-0.05, 0) is 72.9 Å². The molecule has 0 saturated heterocycles. The van der Waals surface area contributed by atoms with Crippen molar-refractivity contribution in [1.82, 2.24) is 9.97 Å². The summed E-state index contributed by atoms with van der Waals surface area (Å²) in [5.74, 6) is 0. The number of hydrogen-bond acceptors (Lipinski definition) is 3. The van der Waals surface area contributed by atoms with Crippen LogP contribution in [-0.2, 0) is 12.8 Å². The van der Waals surface area contributed by atoms with Gasteiger partial charge in [-0.2, -0.15) is 0 Å². The van der Waals surface area contributed by atoms with Gasteiger partial charge in [0.2, 0.25) is 0 Å². The Morgan fingerprint density at radius 3 is 2.68 bits per heavy atom. The number of nitrogens with one attached hydrogen (secondary N) is 2. The van der Waals surface area contributed by atoms with Crippen molar-refractivity contribution in [1.29, 1.82) is 0 Å². The SMILES string of the molecule is O=c1[nH]c2ncccc2c2cc(Nc3ccc4c(c3)CCC4)ccc12. The standard InChI is InChI=1S/C21H17N3O/c25-21-18-9-8-16(12-19(18)17-5-2-10-22-20(17)24-21)23-15-7-6-13-3-1-4-14(13)11-15/h2,5-12,23H,1,3-4H2,(H,22,24,25). The number of rotatable bonds is 2. The van der Waals surface area contributed by atoms with Gasteiger partial charge in [0.1, 0.15) is 5.65 Å². The molecule has 2 heterocycles. The first kappa shape index (κ1) is 14.2. The molecule has 0 amide bonds. The van der Waals surface area contributed by atoms with Crippen LogP contribution >= 0.6 is 0 Å². The Balaban J connectivity index is 1.62. The van der Waals surface area contributed by atoms with Crippen LogP contribution in [0.5, 0.6) is 0 Å². The van der Waals surface area contributed by atoms with Gasteiger partial charge in [-0.15, -0.1) is 0 Å². The van der Waals surface area contributed by atoms with Crippen molar-refractivity contribution in [3.05, 3.63) is 76.2 Å². The molecule has 2 aromatic carbocycles. The maximum absolute atomic E-state index is 12.3. The first-order chi connectivity index (χ1) is 12.3. The van der Waals surface area contributed by atoms with E-state index in [9.17, 15) is 4.79 Å². The van der Waals surface area contributed by atoms with Gasteiger partial charge >= 0.3 is 0 Å². The number of hydrogen-bond donors (Lipinski definition) is 2. The van der Waals surface area contributed by atoms with Crippen molar-refractivity contribution in [2.75, 3.05) is 5.32 Å². The van der Waals surface area contributed by atoms with E-state index in [4.69, 9.17) is 0 Å². The lowest BCUT2D eigenvalue weighted by Crippen LogP contribution is -2.07. The number of anilines is 2. The average molecular weight is 327 g/mol. The molecule has 2 aromatic heterocycles. The van der Waals surface area contributed by atoms with Crippen LogP contribution < -0.4 is 10.9 Å². The van der Waals surface area contributed by atoms with Crippen LogP contribution in [0.15, 0.2) is 59.5 Å². The Bertz CT molecular complexity index is 1180. The Morgan fingerprint density at radius 2 is 1.72 bits per heavy atom. The van der Waals surface area contributed by atoms with Gasteiger partial charge in [0.15, 0.2) is 0 Å². The molecule has 0 unspecified atom stereocenters. The van der Waals surface area contributed by atoms with Gasteiger partial charge in [0.25, 0.3) is 5.56 Å². The van der Waals surface area contributed by atoms with Crippen LogP contribution in [0.2, 0.25) is 0 Å². The fourth-order valence-corrected chi connectivity index (χ4v) is 3.76. The van der Waals surface area contributed by atoms with Gasteiger partial charge < -0.3 is 10.3 Å². The van der Waals surface area contributed by atoms with Crippen molar-refractivity contribution >= 4 is 33.2 Å². The minimum atomic E-state index is -0.106. The molecule has 1 aliphatic carbocycles. The zero-order valence-corrected chi connectivity index (χ0v) is 13.7. The zero-order chi connectivity index (χ0) is 16.8. The third-order valence-corrected chi connectivity index (χ3v) is 4.98. The minimum Gasteiger partial charge on any atom is -0.356 e. The summed E-state index contributed by atoms with van der Waals surface area (Å²) in [7, 11) is 0. The third-order valence-electron chi connectivity index (χ3n) is 4.98. The molecule has 4 heteroatoms.